The van der Waals surface area contributed by atoms with E-state index in [2.05, 4.69) is 31.9 Å². The molecule has 2 N–H and O–H groups in total. The van der Waals surface area contributed by atoms with Crippen molar-refractivity contribution in [2.75, 3.05) is 11.9 Å². The van der Waals surface area contributed by atoms with Crippen molar-refractivity contribution in [2.45, 2.75) is 19.5 Å². The van der Waals surface area contributed by atoms with Gasteiger partial charge in [0.25, 0.3) is 0 Å². The van der Waals surface area contributed by atoms with Crippen molar-refractivity contribution in [3.63, 3.8) is 0 Å². The van der Waals surface area contributed by atoms with Crippen molar-refractivity contribution in [1.82, 2.24) is 4.98 Å². The fourth-order valence-electron chi connectivity index (χ4n) is 2.04. The first-order valence-electron chi connectivity index (χ1n) is 6.24. The van der Waals surface area contributed by atoms with Crippen LogP contribution < -0.4 is 10.6 Å². The predicted octanol–water partition coefficient (Wildman–Crippen LogP) is 3.50. The zero-order valence-corrected chi connectivity index (χ0v) is 12.8. The number of halogens is 1. The van der Waals surface area contributed by atoms with Gasteiger partial charge in [0.1, 0.15) is 5.82 Å². The number of nitrogens with two attached hydrogens (primary N) is 1. The summed E-state index contributed by atoms with van der Waals surface area (Å²) in [6.07, 6.45) is 1.80. The van der Waals surface area contributed by atoms with Crippen molar-refractivity contribution in [2.24, 2.45) is 5.73 Å². The Morgan fingerprint density at radius 2 is 2.00 bits per heavy atom. The summed E-state index contributed by atoms with van der Waals surface area (Å²) in [6, 6.07) is 12.1. The molecule has 1 aromatic heterocycles. The molecule has 0 aliphatic rings. The molecule has 0 radical (unpaired) electrons. The summed E-state index contributed by atoms with van der Waals surface area (Å²) in [6.45, 7) is 2.77. The van der Waals surface area contributed by atoms with E-state index in [0.29, 0.717) is 0 Å². The molecule has 2 rings (SSSR count). The van der Waals surface area contributed by atoms with Gasteiger partial charge in [-0.25, -0.2) is 4.98 Å². The lowest BCUT2D eigenvalue weighted by molar-refractivity contribution is 0.788. The summed E-state index contributed by atoms with van der Waals surface area (Å²) < 4.78 is 1.11. The molecule has 1 heterocycles. The second-order valence-electron chi connectivity index (χ2n) is 4.65. The number of hydrogen-bond acceptors (Lipinski definition) is 3. The monoisotopic (exact) mass is 319 g/mol. The Hall–Kier alpha value is -1.39. The van der Waals surface area contributed by atoms with Crippen molar-refractivity contribution in [3.8, 4) is 0 Å². The summed E-state index contributed by atoms with van der Waals surface area (Å²) >= 11 is 3.57. The lowest BCUT2D eigenvalue weighted by Crippen LogP contribution is -2.21. The van der Waals surface area contributed by atoms with Gasteiger partial charge in [-0.2, -0.15) is 0 Å². The highest BCUT2D eigenvalue weighted by Crippen LogP contribution is 2.24. The third-order valence-electron chi connectivity index (χ3n) is 3.03. The summed E-state index contributed by atoms with van der Waals surface area (Å²) in [5.41, 5.74) is 8.29. The van der Waals surface area contributed by atoms with Crippen LogP contribution in [0.15, 0.2) is 47.1 Å². The van der Waals surface area contributed by atoms with E-state index in [1.807, 2.05) is 44.3 Å². The largest absolute Gasteiger partial charge is 0.355 e. The minimum absolute atomic E-state index is 0.0228. The predicted molar refractivity (Wildman–Crippen MR) is 83.1 cm³/mol. The quantitative estimate of drug-likeness (QED) is 0.937. The average molecular weight is 320 g/mol. The second kappa shape index (κ2) is 6.17. The van der Waals surface area contributed by atoms with Gasteiger partial charge in [-0.1, -0.05) is 40.2 Å². The van der Waals surface area contributed by atoms with Crippen molar-refractivity contribution in [1.29, 1.82) is 0 Å². The zero-order valence-electron chi connectivity index (χ0n) is 11.2. The summed E-state index contributed by atoms with van der Waals surface area (Å²) in [5, 5.41) is 0. The van der Waals surface area contributed by atoms with Crippen LogP contribution in [-0.2, 0) is 6.54 Å². The van der Waals surface area contributed by atoms with E-state index in [1.165, 1.54) is 5.56 Å². The van der Waals surface area contributed by atoms with Crippen molar-refractivity contribution < 1.29 is 0 Å². The van der Waals surface area contributed by atoms with Crippen molar-refractivity contribution in [3.05, 3.63) is 58.2 Å². The number of aromatic nitrogens is 1. The smallest absolute Gasteiger partial charge is 0.133 e. The van der Waals surface area contributed by atoms with Gasteiger partial charge >= 0.3 is 0 Å². The van der Waals surface area contributed by atoms with E-state index in [9.17, 15) is 0 Å². The molecule has 0 saturated carbocycles. The molecule has 0 unspecified atom stereocenters. The third-order valence-corrected chi connectivity index (χ3v) is 3.81. The third kappa shape index (κ3) is 3.33. The van der Waals surface area contributed by atoms with Crippen LogP contribution in [0.1, 0.15) is 24.1 Å². The van der Waals surface area contributed by atoms with Crippen LogP contribution in [-0.4, -0.2) is 12.0 Å². The number of rotatable bonds is 4. The number of anilines is 1. The first-order chi connectivity index (χ1) is 9.09. The molecule has 0 spiro atoms. The van der Waals surface area contributed by atoms with E-state index in [4.69, 9.17) is 5.73 Å². The van der Waals surface area contributed by atoms with Crippen LogP contribution in [0.3, 0.4) is 0 Å². The van der Waals surface area contributed by atoms with Gasteiger partial charge in [0.2, 0.25) is 0 Å². The lowest BCUT2D eigenvalue weighted by atomic mass is 10.1. The molecule has 100 valence electrons. The lowest BCUT2D eigenvalue weighted by Gasteiger charge is -2.23. The van der Waals surface area contributed by atoms with Crippen molar-refractivity contribution >= 4 is 21.7 Å². The number of hydrogen-bond donors (Lipinski definition) is 1. The Bertz CT molecular complexity index is 555. The first-order valence-corrected chi connectivity index (χ1v) is 7.04. The Morgan fingerprint density at radius 3 is 2.68 bits per heavy atom. The fourth-order valence-corrected chi connectivity index (χ4v) is 2.45. The minimum Gasteiger partial charge on any atom is -0.355 e. The van der Waals surface area contributed by atoms with Gasteiger partial charge in [0.15, 0.2) is 0 Å². The maximum absolute atomic E-state index is 6.00. The number of pyridine rings is 1. The molecule has 19 heavy (non-hydrogen) atoms. The van der Waals surface area contributed by atoms with Gasteiger partial charge < -0.3 is 10.6 Å². The summed E-state index contributed by atoms with van der Waals surface area (Å²) in [7, 11) is 2.04. The van der Waals surface area contributed by atoms with Gasteiger partial charge in [-0.15, -0.1) is 0 Å². The Balaban J connectivity index is 2.26. The highest BCUT2D eigenvalue weighted by Gasteiger charge is 2.12. The minimum atomic E-state index is -0.0228. The summed E-state index contributed by atoms with van der Waals surface area (Å²) in [4.78, 5) is 6.58. The molecular weight excluding hydrogens is 302 g/mol. The van der Waals surface area contributed by atoms with Crippen LogP contribution in [0.4, 0.5) is 5.82 Å². The molecule has 0 aliphatic carbocycles. The van der Waals surface area contributed by atoms with Crippen LogP contribution in [0.5, 0.6) is 0 Å². The molecular formula is C15H18BrN3. The highest BCUT2D eigenvalue weighted by atomic mass is 79.9. The van der Waals surface area contributed by atoms with E-state index in [0.717, 1.165) is 22.4 Å². The second-order valence-corrected chi connectivity index (χ2v) is 5.51. The van der Waals surface area contributed by atoms with Gasteiger partial charge in [-0.05, 0) is 24.6 Å². The number of benzene rings is 1. The molecule has 0 bridgehead atoms. The maximum Gasteiger partial charge on any atom is 0.133 e. The Kier molecular flexibility index (Phi) is 4.56. The molecule has 3 nitrogen and oxygen atoms in total. The van der Waals surface area contributed by atoms with Gasteiger partial charge in [0, 0.05) is 35.9 Å². The Labute approximate surface area is 122 Å². The van der Waals surface area contributed by atoms with Gasteiger partial charge in [0.05, 0.1) is 0 Å². The van der Waals surface area contributed by atoms with Gasteiger partial charge in [-0.3, -0.25) is 0 Å². The highest BCUT2D eigenvalue weighted by molar-refractivity contribution is 9.10. The molecule has 0 fully saturated rings. The average Bonchev–Trinajstić information content (AvgIpc) is 2.41. The normalized spacial score (nSPS) is 12.2. The van der Waals surface area contributed by atoms with Crippen LogP contribution in [0.25, 0.3) is 0 Å². The van der Waals surface area contributed by atoms with E-state index >= 15 is 0 Å². The van der Waals surface area contributed by atoms with Crippen LogP contribution >= 0.6 is 15.9 Å². The fraction of sp³-hybridized carbons (Fsp3) is 0.267. The molecule has 1 aromatic carbocycles. The van der Waals surface area contributed by atoms with E-state index in [-0.39, 0.29) is 6.04 Å². The molecule has 0 saturated heterocycles. The molecule has 4 heteroatoms. The summed E-state index contributed by atoms with van der Waals surface area (Å²) in [5.74, 6) is 0.938. The molecule has 0 aliphatic heterocycles. The molecule has 0 amide bonds. The maximum atomic E-state index is 6.00. The molecule has 1 atom stereocenters. The number of nitrogens with zero attached hydrogens (tertiary/aromatic N) is 2. The van der Waals surface area contributed by atoms with Crippen LogP contribution in [0, 0.1) is 0 Å². The standard InChI is InChI=1S/C15H18BrN3/c1-11(17)13-7-5-9-18-15(13)19(2)10-12-6-3-4-8-14(12)16/h3-9,11H,10,17H2,1-2H3/t11-/m1/s1. The SMILES string of the molecule is C[C@@H](N)c1cccnc1N(C)Cc1ccccc1Br. The van der Waals surface area contributed by atoms with E-state index in [1.54, 1.807) is 6.20 Å². The zero-order chi connectivity index (χ0) is 13.8. The first kappa shape index (κ1) is 14.0. The van der Waals surface area contributed by atoms with E-state index < -0.39 is 0 Å². The Morgan fingerprint density at radius 1 is 1.26 bits per heavy atom. The topological polar surface area (TPSA) is 42.1 Å². The van der Waals surface area contributed by atoms with Crippen LogP contribution in [0.2, 0.25) is 0 Å². The molecule has 2 aromatic rings.